The van der Waals surface area contributed by atoms with Gasteiger partial charge >= 0.3 is 0 Å². The highest BCUT2D eigenvalue weighted by molar-refractivity contribution is 7.98. The van der Waals surface area contributed by atoms with Crippen LogP contribution in [0.5, 0.6) is 0 Å². The maximum absolute atomic E-state index is 13.6. The van der Waals surface area contributed by atoms with Gasteiger partial charge in [-0.15, -0.1) is 0 Å². The largest absolute Gasteiger partial charge is 0.326 e. The Morgan fingerprint density at radius 1 is 1.40 bits per heavy atom. The Morgan fingerprint density at radius 3 is 2.70 bits per heavy atom. The highest BCUT2D eigenvalue weighted by Crippen LogP contribution is 2.24. The van der Waals surface area contributed by atoms with Gasteiger partial charge in [-0.2, -0.15) is 11.8 Å². The van der Waals surface area contributed by atoms with E-state index in [1.54, 1.807) is 11.8 Å². The van der Waals surface area contributed by atoms with Gasteiger partial charge in [-0.05, 0) is 42.5 Å². The average Bonchev–Trinajstić information content (AvgIpc) is 2.41. The molecule has 0 saturated heterocycles. The lowest BCUT2D eigenvalue weighted by atomic mass is 10.2. The molecule has 1 rings (SSSR count). The SMILES string of the molecule is CSCCCCNS(=O)(=O)c1cc(F)c(Cl)c(CN)c1. The summed E-state index contributed by atoms with van der Waals surface area (Å²) in [7, 11) is -3.73. The van der Waals surface area contributed by atoms with Gasteiger partial charge in [0.2, 0.25) is 10.0 Å². The first-order valence-electron chi connectivity index (χ1n) is 6.09. The third kappa shape index (κ3) is 4.89. The minimum atomic E-state index is -3.73. The molecule has 1 aromatic carbocycles. The third-order valence-electron chi connectivity index (χ3n) is 2.67. The van der Waals surface area contributed by atoms with Gasteiger partial charge in [0.25, 0.3) is 0 Å². The van der Waals surface area contributed by atoms with E-state index in [0.29, 0.717) is 6.54 Å². The predicted octanol–water partition coefficient (Wildman–Crippen LogP) is 2.36. The number of benzene rings is 1. The lowest BCUT2D eigenvalue weighted by Gasteiger charge is -2.09. The second kappa shape index (κ2) is 8.19. The van der Waals surface area contributed by atoms with E-state index in [0.717, 1.165) is 24.7 Å². The van der Waals surface area contributed by atoms with Crippen LogP contribution in [-0.4, -0.2) is 27.0 Å². The third-order valence-corrected chi connectivity index (χ3v) is 5.24. The monoisotopic (exact) mass is 340 g/mol. The van der Waals surface area contributed by atoms with Crippen molar-refractivity contribution >= 4 is 33.4 Å². The molecule has 0 spiro atoms. The van der Waals surface area contributed by atoms with Gasteiger partial charge in [0.1, 0.15) is 5.82 Å². The molecular weight excluding hydrogens is 323 g/mol. The molecule has 3 N–H and O–H groups in total. The number of thioether (sulfide) groups is 1. The van der Waals surface area contributed by atoms with E-state index in [2.05, 4.69) is 4.72 Å². The number of hydrogen-bond donors (Lipinski definition) is 2. The van der Waals surface area contributed by atoms with Crippen molar-refractivity contribution < 1.29 is 12.8 Å². The topological polar surface area (TPSA) is 72.2 Å². The van der Waals surface area contributed by atoms with Crippen LogP contribution < -0.4 is 10.5 Å². The molecule has 0 unspecified atom stereocenters. The molecule has 114 valence electrons. The van der Waals surface area contributed by atoms with Crippen LogP contribution in [0.3, 0.4) is 0 Å². The van der Waals surface area contributed by atoms with Gasteiger partial charge in [-0.1, -0.05) is 11.6 Å². The van der Waals surface area contributed by atoms with Crippen molar-refractivity contribution in [2.24, 2.45) is 5.73 Å². The van der Waals surface area contributed by atoms with Gasteiger partial charge in [0.15, 0.2) is 0 Å². The number of halogens is 2. The lowest BCUT2D eigenvalue weighted by Crippen LogP contribution is -2.25. The Morgan fingerprint density at radius 2 is 2.10 bits per heavy atom. The minimum absolute atomic E-state index is 0.0210. The van der Waals surface area contributed by atoms with Gasteiger partial charge < -0.3 is 5.73 Å². The van der Waals surface area contributed by atoms with Crippen LogP contribution in [0.4, 0.5) is 4.39 Å². The molecule has 0 heterocycles. The van der Waals surface area contributed by atoms with Crippen LogP contribution >= 0.6 is 23.4 Å². The quantitative estimate of drug-likeness (QED) is 0.713. The zero-order valence-corrected chi connectivity index (χ0v) is 13.5. The van der Waals surface area contributed by atoms with Gasteiger partial charge in [-0.3, -0.25) is 0 Å². The standard InChI is InChI=1S/C12H18ClFN2O2S2/c1-19-5-3-2-4-16-20(17,18)10-6-9(8-15)12(13)11(14)7-10/h6-7,16H,2-5,8,15H2,1H3. The molecule has 0 saturated carbocycles. The smallest absolute Gasteiger partial charge is 0.240 e. The van der Waals surface area contributed by atoms with Crippen LogP contribution in [0, 0.1) is 5.82 Å². The number of rotatable bonds is 8. The Bertz CT molecular complexity index is 553. The summed E-state index contributed by atoms with van der Waals surface area (Å²) in [6.07, 6.45) is 3.65. The summed E-state index contributed by atoms with van der Waals surface area (Å²) < 4.78 is 40.1. The zero-order valence-electron chi connectivity index (χ0n) is 11.2. The van der Waals surface area contributed by atoms with E-state index in [1.807, 2.05) is 6.26 Å². The minimum Gasteiger partial charge on any atom is -0.326 e. The Labute approximate surface area is 128 Å². The summed E-state index contributed by atoms with van der Waals surface area (Å²) in [6.45, 7) is 0.304. The highest BCUT2D eigenvalue weighted by atomic mass is 35.5. The molecule has 0 amide bonds. The fourth-order valence-corrected chi connectivity index (χ4v) is 3.40. The van der Waals surface area contributed by atoms with Crippen molar-refractivity contribution in [1.29, 1.82) is 0 Å². The van der Waals surface area contributed by atoms with E-state index < -0.39 is 15.8 Å². The first kappa shape index (κ1) is 17.7. The summed E-state index contributed by atoms with van der Waals surface area (Å²) in [5, 5.41) is -0.133. The molecule has 0 radical (unpaired) electrons. The van der Waals surface area contributed by atoms with Crippen molar-refractivity contribution in [3.63, 3.8) is 0 Å². The molecule has 0 aromatic heterocycles. The molecule has 1 aromatic rings. The van der Waals surface area contributed by atoms with Gasteiger partial charge in [0, 0.05) is 13.1 Å². The van der Waals surface area contributed by atoms with Gasteiger partial charge in [0.05, 0.1) is 9.92 Å². The summed E-state index contributed by atoms with van der Waals surface area (Å²) in [6, 6.07) is 2.21. The van der Waals surface area contributed by atoms with E-state index in [9.17, 15) is 12.8 Å². The molecule has 0 atom stereocenters. The fourth-order valence-electron chi connectivity index (χ4n) is 1.58. The Balaban J connectivity index is 2.80. The summed E-state index contributed by atoms with van der Waals surface area (Å²) in [5.41, 5.74) is 5.69. The van der Waals surface area contributed by atoms with E-state index in [-0.39, 0.29) is 22.0 Å². The fraction of sp³-hybridized carbons (Fsp3) is 0.500. The number of unbranched alkanes of at least 4 members (excludes halogenated alkanes) is 1. The number of nitrogens with two attached hydrogens (primary N) is 1. The van der Waals surface area contributed by atoms with Crippen LogP contribution in [-0.2, 0) is 16.6 Å². The van der Waals surface area contributed by atoms with Crippen molar-refractivity contribution in [3.05, 3.63) is 28.5 Å². The summed E-state index contributed by atoms with van der Waals surface area (Å²) in [5.74, 6) is 0.201. The Kier molecular flexibility index (Phi) is 7.25. The maximum Gasteiger partial charge on any atom is 0.240 e. The average molecular weight is 341 g/mol. The van der Waals surface area contributed by atoms with Crippen LogP contribution in [0.2, 0.25) is 5.02 Å². The summed E-state index contributed by atoms with van der Waals surface area (Å²) >= 11 is 7.41. The number of sulfonamides is 1. The van der Waals surface area contributed by atoms with E-state index >= 15 is 0 Å². The number of nitrogens with one attached hydrogen (secondary N) is 1. The van der Waals surface area contributed by atoms with Crippen molar-refractivity contribution in [2.75, 3.05) is 18.6 Å². The maximum atomic E-state index is 13.6. The molecule has 20 heavy (non-hydrogen) atoms. The Hall–Kier alpha value is -0.340. The highest BCUT2D eigenvalue weighted by Gasteiger charge is 2.18. The molecule has 0 bridgehead atoms. The molecule has 4 nitrogen and oxygen atoms in total. The molecule has 0 aliphatic carbocycles. The lowest BCUT2D eigenvalue weighted by molar-refractivity contribution is 0.574. The van der Waals surface area contributed by atoms with Crippen LogP contribution in [0.1, 0.15) is 18.4 Å². The molecule has 0 fully saturated rings. The summed E-state index contributed by atoms with van der Waals surface area (Å²) in [4.78, 5) is -0.148. The predicted molar refractivity (Wildman–Crippen MR) is 82.1 cm³/mol. The van der Waals surface area contributed by atoms with Gasteiger partial charge in [-0.25, -0.2) is 17.5 Å². The molecular formula is C12H18ClFN2O2S2. The zero-order chi connectivity index (χ0) is 15.2. The van der Waals surface area contributed by atoms with E-state index in [1.165, 1.54) is 6.07 Å². The van der Waals surface area contributed by atoms with E-state index in [4.69, 9.17) is 17.3 Å². The van der Waals surface area contributed by atoms with Crippen molar-refractivity contribution in [3.8, 4) is 0 Å². The van der Waals surface area contributed by atoms with Crippen molar-refractivity contribution in [1.82, 2.24) is 4.72 Å². The molecule has 0 aliphatic heterocycles. The second-order valence-corrected chi connectivity index (χ2v) is 7.31. The number of hydrogen-bond acceptors (Lipinski definition) is 4. The van der Waals surface area contributed by atoms with Crippen LogP contribution in [0.25, 0.3) is 0 Å². The first-order valence-corrected chi connectivity index (χ1v) is 9.34. The second-order valence-electron chi connectivity index (χ2n) is 4.18. The normalized spacial score (nSPS) is 11.8. The molecule has 0 aliphatic rings. The van der Waals surface area contributed by atoms with Crippen molar-refractivity contribution in [2.45, 2.75) is 24.3 Å². The molecule has 8 heteroatoms. The first-order chi connectivity index (χ1) is 9.42. The van der Waals surface area contributed by atoms with Crippen LogP contribution in [0.15, 0.2) is 17.0 Å².